The first-order valence-electron chi connectivity index (χ1n) is 15.1. The summed E-state index contributed by atoms with van der Waals surface area (Å²) in [5.74, 6) is 4.36. The van der Waals surface area contributed by atoms with Crippen molar-refractivity contribution in [1.82, 2.24) is 4.90 Å². The molecule has 1 heterocycles. The Hall–Kier alpha value is -1.31. The third-order valence-electron chi connectivity index (χ3n) is 11.7. The highest BCUT2D eigenvalue weighted by Gasteiger charge is 2.64. The number of rotatable bonds is 7. The van der Waals surface area contributed by atoms with Gasteiger partial charge in [-0.1, -0.05) is 97.1 Å². The van der Waals surface area contributed by atoms with E-state index in [9.17, 15) is 4.79 Å². The van der Waals surface area contributed by atoms with Crippen LogP contribution in [0.2, 0.25) is 0 Å². The van der Waals surface area contributed by atoms with Crippen molar-refractivity contribution in [3.63, 3.8) is 0 Å². The second kappa shape index (κ2) is 9.86. The summed E-state index contributed by atoms with van der Waals surface area (Å²) in [6.07, 6.45) is 14.5. The van der Waals surface area contributed by atoms with E-state index in [1.807, 2.05) is 0 Å². The molecule has 0 radical (unpaired) electrons. The highest BCUT2D eigenvalue weighted by Crippen LogP contribution is 2.66. The van der Waals surface area contributed by atoms with E-state index in [4.69, 9.17) is 0 Å². The van der Waals surface area contributed by atoms with Gasteiger partial charge in [-0.05, 0) is 84.5 Å². The molecule has 1 aromatic carbocycles. The molecule has 1 amide bonds. The van der Waals surface area contributed by atoms with Gasteiger partial charge in [-0.15, -0.1) is 0 Å². The van der Waals surface area contributed by atoms with E-state index in [0.717, 1.165) is 24.3 Å². The number of piperidine rings is 1. The number of carbonyl (C=O) groups excluding carboxylic acids is 1. The molecular weight excluding hydrogens is 426 g/mol. The predicted octanol–water partition coefficient (Wildman–Crippen LogP) is 8.50. The normalized spacial score (nSPS) is 39.8. The molecule has 0 spiro atoms. The molecule has 35 heavy (non-hydrogen) atoms. The summed E-state index contributed by atoms with van der Waals surface area (Å²) in [7, 11) is 0. The molecule has 2 heteroatoms. The number of nitrogens with zero attached hydrogens (tertiary/aromatic N) is 1. The van der Waals surface area contributed by atoms with E-state index in [2.05, 4.69) is 69.9 Å². The second-order valence-corrected chi connectivity index (χ2v) is 14.0. The lowest BCUT2D eigenvalue weighted by Crippen LogP contribution is -2.66. The van der Waals surface area contributed by atoms with Crippen molar-refractivity contribution in [3.8, 4) is 0 Å². The molecule has 8 unspecified atom stereocenters. The van der Waals surface area contributed by atoms with Crippen molar-refractivity contribution in [1.29, 1.82) is 0 Å². The van der Waals surface area contributed by atoms with E-state index < -0.39 is 0 Å². The highest BCUT2D eigenvalue weighted by atomic mass is 16.2. The Labute approximate surface area is 215 Å². The van der Waals surface area contributed by atoms with Crippen molar-refractivity contribution in [2.24, 2.45) is 46.3 Å². The van der Waals surface area contributed by atoms with Gasteiger partial charge >= 0.3 is 0 Å². The molecule has 4 fully saturated rings. The van der Waals surface area contributed by atoms with Gasteiger partial charge in [-0.2, -0.15) is 0 Å². The maximum Gasteiger partial charge on any atom is 0.226 e. The van der Waals surface area contributed by atoms with Crippen LogP contribution in [-0.2, 0) is 11.3 Å². The van der Waals surface area contributed by atoms with Crippen molar-refractivity contribution in [3.05, 3.63) is 35.9 Å². The van der Waals surface area contributed by atoms with Crippen LogP contribution in [0.15, 0.2) is 30.3 Å². The van der Waals surface area contributed by atoms with Crippen LogP contribution in [0.1, 0.15) is 111 Å². The Balaban J connectivity index is 1.42. The monoisotopic (exact) mass is 477 g/mol. The van der Waals surface area contributed by atoms with Crippen molar-refractivity contribution in [2.75, 3.05) is 0 Å². The van der Waals surface area contributed by atoms with E-state index in [-0.39, 0.29) is 5.92 Å². The zero-order valence-electron chi connectivity index (χ0n) is 23.3. The van der Waals surface area contributed by atoms with Gasteiger partial charge in [-0.25, -0.2) is 0 Å². The first-order chi connectivity index (χ1) is 16.8. The minimum atomic E-state index is 0.254. The minimum absolute atomic E-state index is 0.254. The van der Waals surface area contributed by atoms with Crippen LogP contribution in [-0.4, -0.2) is 16.8 Å². The summed E-state index contributed by atoms with van der Waals surface area (Å²) in [5.41, 5.74) is 1.95. The number of amides is 1. The van der Waals surface area contributed by atoms with Gasteiger partial charge in [0.2, 0.25) is 5.91 Å². The van der Waals surface area contributed by atoms with Crippen molar-refractivity contribution >= 4 is 5.91 Å². The van der Waals surface area contributed by atoms with Gasteiger partial charge in [0.25, 0.3) is 0 Å². The molecule has 1 saturated heterocycles. The lowest BCUT2D eigenvalue weighted by Gasteiger charge is -2.63. The molecule has 5 rings (SSSR count). The molecule has 3 aliphatic carbocycles. The maximum atomic E-state index is 14.5. The molecule has 3 saturated carbocycles. The quantitative estimate of drug-likeness (QED) is 0.385. The third kappa shape index (κ3) is 4.40. The first kappa shape index (κ1) is 25.3. The summed E-state index contributed by atoms with van der Waals surface area (Å²) >= 11 is 0. The van der Waals surface area contributed by atoms with Gasteiger partial charge in [-0.3, -0.25) is 4.79 Å². The van der Waals surface area contributed by atoms with Crippen molar-refractivity contribution in [2.45, 2.75) is 118 Å². The molecule has 0 bridgehead atoms. The fourth-order valence-electron chi connectivity index (χ4n) is 9.85. The number of carbonyl (C=O) groups is 1. The van der Waals surface area contributed by atoms with Crippen LogP contribution in [0.25, 0.3) is 0 Å². The van der Waals surface area contributed by atoms with Crippen LogP contribution >= 0.6 is 0 Å². The fourth-order valence-corrected chi connectivity index (χ4v) is 9.85. The van der Waals surface area contributed by atoms with Crippen LogP contribution in [0.4, 0.5) is 0 Å². The van der Waals surface area contributed by atoms with E-state index in [0.29, 0.717) is 34.6 Å². The van der Waals surface area contributed by atoms with Crippen LogP contribution in [0.3, 0.4) is 0 Å². The molecule has 0 N–H and O–H groups in total. The van der Waals surface area contributed by atoms with Crippen LogP contribution in [0.5, 0.6) is 0 Å². The first-order valence-corrected chi connectivity index (χ1v) is 15.1. The number of hydrogen-bond donors (Lipinski definition) is 0. The summed E-state index contributed by atoms with van der Waals surface area (Å²) in [6, 6.07) is 11.2. The fraction of sp³-hybridized carbons (Fsp3) is 0.788. The highest BCUT2D eigenvalue weighted by molar-refractivity contribution is 5.81. The number of fused-ring (bicyclic) bond motifs is 5. The molecule has 1 aliphatic heterocycles. The molecular formula is C33H51NO. The summed E-state index contributed by atoms with van der Waals surface area (Å²) < 4.78 is 0. The van der Waals surface area contributed by atoms with Crippen LogP contribution < -0.4 is 0 Å². The molecule has 4 aliphatic rings. The standard InChI is InChI=1S/C33H51NO/c1-23(2)12-11-13-24(3)26-17-18-27-30-28(19-21-32(26,27)4)33(5)20-10-9-16-29(33)34(31(30)35)22-25-14-7-6-8-15-25/h6-8,14-15,23-24,26-30H,9-13,16-22H2,1-5H3. The smallest absolute Gasteiger partial charge is 0.226 e. The van der Waals surface area contributed by atoms with E-state index in [1.54, 1.807) is 0 Å². The SMILES string of the molecule is CC(C)CCCC(C)C1CCC2C3C(=O)N(Cc4ccccc4)C4CCCCC4(C)C3CCC12C. The zero-order chi connectivity index (χ0) is 24.8. The molecule has 1 aromatic rings. The van der Waals surface area contributed by atoms with Crippen LogP contribution in [0, 0.1) is 46.3 Å². The molecule has 2 nitrogen and oxygen atoms in total. The van der Waals surface area contributed by atoms with Gasteiger partial charge in [0.05, 0.1) is 0 Å². The lowest BCUT2D eigenvalue weighted by molar-refractivity contribution is -0.181. The third-order valence-corrected chi connectivity index (χ3v) is 11.7. The summed E-state index contributed by atoms with van der Waals surface area (Å²) in [5, 5.41) is 0. The van der Waals surface area contributed by atoms with E-state index >= 15 is 0 Å². The molecule has 194 valence electrons. The second-order valence-electron chi connectivity index (χ2n) is 14.0. The topological polar surface area (TPSA) is 20.3 Å². The Kier molecular flexibility index (Phi) is 7.14. The molecule has 8 atom stereocenters. The predicted molar refractivity (Wildman–Crippen MR) is 146 cm³/mol. The number of benzene rings is 1. The van der Waals surface area contributed by atoms with Crippen molar-refractivity contribution < 1.29 is 4.79 Å². The minimum Gasteiger partial charge on any atom is -0.335 e. The zero-order valence-corrected chi connectivity index (χ0v) is 23.3. The average molecular weight is 478 g/mol. The average Bonchev–Trinajstić information content (AvgIpc) is 3.19. The molecule has 0 aromatic heterocycles. The number of likely N-dealkylation sites (tertiary alicyclic amines) is 1. The van der Waals surface area contributed by atoms with E-state index in [1.165, 1.54) is 76.2 Å². The summed E-state index contributed by atoms with van der Waals surface area (Å²) in [6.45, 7) is 13.2. The van der Waals surface area contributed by atoms with Gasteiger partial charge in [0.15, 0.2) is 0 Å². The number of hydrogen-bond acceptors (Lipinski definition) is 1. The Morgan fingerprint density at radius 2 is 1.63 bits per heavy atom. The van der Waals surface area contributed by atoms with Gasteiger partial charge < -0.3 is 4.90 Å². The Morgan fingerprint density at radius 3 is 2.37 bits per heavy atom. The maximum absolute atomic E-state index is 14.5. The summed E-state index contributed by atoms with van der Waals surface area (Å²) in [4.78, 5) is 16.9. The van der Waals surface area contributed by atoms with Gasteiger partial charge in [0, 0.05) is 18.5 Å². The Morgan fingerprint density at radius 1 is 0.886 bits per heavy atom. The largest absolute Gasteiger partial charge is 0.335 e. The lowest BCUT2D eigenvalue weighted by atomic mass is 9.47. The van der Waals surface area contributed by atoms with Gasteiger partial charge in [0.1, 0.15) is 0 Å². The Bertz CT molecular complexity index is 878.